The molecule has 2 nitrogen and oxygen atoms in total. The summed E-state index contributed by atoms with van der Waals surface area (Å²) >= 11 is 2.30. The highest BCUT2D eigenvalue weighted by Crippen LogP contribution is 2.63. The highest BCUT2D eigenvalue weighted by molar-refractivity contribution is 8.00. The molecule has 1 heterocycles. The Labute approximate surface area is 335 Å². The monoisotopic (exact) mass is 744 g/mol. The van der Waals surface area contributed by atoms with E-state index in [0.717, 1.165) is 11.8 Å². The summed E-state index contributed by atoms with van der Waals surface area (Å²) in [6, 6.07) is 56.7. The van der Waals surface area contributed by atoms with Gasteiger partial charge in [0.2, 0.25) is 0 Å². The van der Waals surface area contributed by atoms with Crippen molar-refractivity contribution in [3.05, 3.63) is 162 Å². The Balaban J connectivity index is 0.974. The van der Waals surface area contributed by atoms with Crippen LogP contribution in [-0.4, -0.2) is 23.4 Å². The van der Waals surface area contributed by atoms with E-state index in [1.54, 1.807) is 0 Å². The van der Waals surface area contributed by atoms with Crippen LogP contribution in [0.3, 0.4) is 0 Å². The Hall–Kier alpha value is -3.79. The minimum atomic E-state index is 0.441. The third-order valence-corrected chi connectivity index (χ3v) is 16.2. The number of anilines is 1. The molecule has 1 aliphatic heterocycles. The smallest absolute Gasteiger partial charge is 0.0375 e. The molecule has 3 saturated carbocycles. The van der Waals surface area contributed by atoms with Gasteiger partial charge in [-0.3, -0.25) is 0 Å². The average molecular weight is 745 g/mol. The van der Waals surface area contributed by atoms with Gasteiger partial charge in [-0.2, -0.15) is 0 Å². The predicted molar refractivity (Wildman–Crippen MR) is 235 cm³/mol. The van der Waals surface area contributed by atoms with E-state index in [0.29, 0.717) is 46.4 Å². The molecule has 0 bridgehead atoms. The molecular weight excluding hydrogens is 685 g/mol. The molecule has 1 saturated heterocycles. The first-order chi connectivity index (χ1) is 27.2. The molecule has 55 heavy (non-hydrogen) atoms. The lowest BCUT2D eigenvalue weighted by Gasteiger charge is -2.47. The van der Waals surface area contributed by atoms with E-state index in [9.17, 15) is 0 Å². The van der Waals surface area contributed by atoms with Crippen LogP contribution in [0.15, 0.2) is 146 Å². The van der Waals surface area contributed by atoms with Crippen molar-refractivity contribution in [1.82, 2.24) is 0 Å². The molecule has 5 aromatic carbocycles. The van der Waals surface area contributed by atoms with Gasteiger partial charge in [0.05, 0.1) is 0 Å². The third kappa shape index (κ3) is 8.08. The fraction of sp³-hybridized carbons (Fsp3) is 0.423. The molecule has 4 unspecified atom stereocenters. The molecule has 0 aromatic heterocycles. The summed E-state index contributed by atoms with van der Waals surface area (Å²) in [5, 5.41) is 1.04. The first-order valence-electron chi connectivity index (χ1n) is 21.7. The van der Waals surface area contributed by atoms with Gasteiger partial charge in [0.15, 0.2) is 0 Å². The van der Waals surface area contributed by atoms with E-state index < -0.39 is 0 Å². The molecule has 0 amide bonds. The number of rotatable bonds is 9. The molecule has 4 atom stereocenters. The van der Waals surface area contributed by atoms with E-state index in [2.05, 4.69) is 162 Å². The quantitative estimate of drug-likeness (QED) is 0.163. The molecule has 284 valence electrons. The molecule has 4 aliphatic rings. The van der Waals surface area contributed by atoms with Crippen LogP contribution >= 0.6 is 11.8 Å². The number of hydrogen-bond acceptors (Lipinski definition) is 3. The van der Waals surface area contributed by atoms with Gasteiger partial charge >= 0.3 is 0 Å². The van der Waals surface area contributed by atoms with Crippen molar-refractivity contribution in [3.8, 4) is 11.1 Å². The minimum Gasteiger partial charge on any atom is -0.366 e. The van der Waals surface area contributed by atoms with Gasteiger partial charge in [-0.15, -0.1) is 11.8 Å². The minimum absolute atomic E-state index is 0.441. The Kier molecular flexibility index (Phi) is 11.5. The van der Waals surface area contributed by atoms with Crippen LogP contribution in [0.1, 0.15) is 111 Å². The highest BCUT2D eigenvalue weighted by Gasteiger charge is 2.49. The lowest BCUT2D eigenvalue weighted by molar-refractivity contribution is 0.170. The molecule has 0 radical (unpaired) electrons. The largest absolute Gasteiger partial charge is 0.366 e. The lowest BCUT2D eigenvalue weighted by atomic mass is 9.70. The molecule has 4 fully saturated rings. The summed E-state index contributed by atoms with van der Waals surface area (Å²) in [6.45, 7) is 0. The van der Waals surface area contributed by atoms with Crippen molar-refractivity contribution in [2.24, 2.45) is 23.5 Å². The van der Waals surface area contributed by atoms with Crippen molar-refractivity contribution in [3.63, 3.8) is 0 Å². The summed E-state index contributed by atoms with van der Waals surface area (Å²) in [4.78, 5) is 2.95. The van der Waals surface area contributed by atoms with Crippen molar-refractivity contribution in [2.75, 3.05) is 4.90 Å². The molecule has 3 heteroatoms. The van der Waals surface area contributed by atoms with Gasteiger partial charge in [0.1, 0.15) is 0 Å². The van der Waals surface area contributed by atoms with Gasteiger partial charge in [0.25, 0.3) is 0 Å². The fourth-order valence-corrected chi connectivity index (χ4v) is 13.7. The first kappa shape index (κ1) is 36.8. The highest BCUT2D eigenvalue weighted by atomic mass is 32.2. The number of benzene rings is 5. The Morgan fingerprint density at radius 1 is 0.400 bits per heavy atom. The fourth-order valence-electron chi connectivity index (χ4n) is 11.5. The van der Waals surface area contributed by atoms with Crippen LogP contribution < -0.4 is 10.6 Å². The van der Waals surface area contributed by atoms with E-state index in [1.165, 1.54) is 111 Å². The zero-order valence-corrected chi connectivity index (χ0v) is 33.4. The number of hydrogen-bond donors (Lipinski definition) is 1. The lowest BCUT2D eigenvalue weighted by Crippen LogP contribution is -2.48. The second-order valence-electron chi connectivity index (χ2n) is 17.4. The van der Waals surface area contributed by atoms with Gasteiger partial charge in [0, 0.05) is 46.1 Å². The summed E-state index contributed by atoms with van der Waals surface area (Å²) in [5.41, 5.74) is 14.9. The summed E-state index contributed by atoms with van der Waals surface area (Å²) in [7, 11) is 0. The molecule has 9 rings (SSSR count). The Bertz CT molecular complexity index is 1890. The molecule has 2 N–H and O–H groups in total. The van der Waals surface area contributed by atoms with E-state index in [4.69, 9.17) is 5.73 Å². The van der Waals surface area contributed by atoms with E-state index >= 15 is 0 Å². The van der Waals surface area contributed by atoms with Crippen LogP contribution in [0.4, 0.5) is 5.69 Å². The zero-order chi connectivity index (χ0) is 37.0. The Morgan fingerprint density at radius 3 is 1.35 bits per heavy atom. The maximum Gasteiger partial charge on any atom is 0.0375 e. The molecule has 5 aromatic rings. The summed E-state index contributed by atoms with van der Waals surface area (Å²) in [5.74, 6) is 3.45. The Morgan fingerprint density at radius 2 is 0.818 bits per heavy atom. The van der Waals surface area contributed by atoms with Crippen molar-refractivity contribution in [1.29, 1.82) is 0 Å². The van der Waals surface area contributed by atoms with Crippen molar-refractivity contribution >= 4 is 17.4 Å². The van der Waals surface area contributed by atoms with Gasteiger partial charge in [-0.05, 0) is 135 Å². The number of nitrogens with two attached hydrogens (primary N) is 1. The second kappa shape index (κ2) is 17.1. The second-order valence-corrected chi connectivity index (χ2v) is 18.8. The molecule has 0 spiro atoms. The van der Waals surface area contributed by atoms with Crippen LogP contribution in [0.5, 0.6) is 0 Å². The van der Waals surface area contributed by atoms with Gasteiger partial charge in [-0.25, -0.2) is 0 Å². The topological polar surface area (TPSA) is 29.3 Å². The van der Waals surface area contributed by atoms with Crippen LogP contribution in [0.25, 0.3) is 11.1 Å². The molecular formula is C52H60N2S. The summed E-state index contributed by atoms with van der Waals surface area (Å²) < 4.78 is 0. The van der Waals surface area contributed by atoms with Crippen LogP contribution in [0.2, 0.25) is 0 Å². The van der Waals surface area contributed by atoms with E-state index in [-0.39, 0.29) is 0 Å². The zero-order valence-electron chi connectivity index (χ0n) is 32.5. The SMILES string of the molecule is NC1CCC(C2CCC(N(c3ccc(-c4ccccc4)cc3)C3CCC(C4SC(c5ccccc5)C(c5ccccc5)C4c4ccccc4)CC3)CC2)CC1. The van der Waals surface area contributed by atoms with Crippen LogP contribution in [0, 0.1) is 17.8 Å². The standard InChI is InChI=1S/C52H60N2S/c53-45-29-21-38(22-30-45)40-25-33-47(34-26-40)54(46-31-23-39(24-32-46)37-13-5-1-6-14-37)48-35-27-44(28-36-48)52-50(42-17-9-3-10-18-42)49(41-15-7-2-8-16-41)51(55-52)43-19-11-4-12-20-43/h1-20,23-24,31-32,38,40,44-45,47-52H,21-22,25-30,33-36,53H2. The van der Waals surface area contributed by atoms with Crippen molar-refractivity contribution in [2.45, 2.75) is 118 Å². The van der Waals surface area contributed by atoms with E-state index in [1.807, 2.05) is 0 Å². The number of nitrogens with zero attached hydrogens (tertiary/aromatic N) is 1. The van der Waals surface area contributed by atoms with Crippen molar-refractivity contribution < 1.29 is 0 Å². The predicted octanol–water partition coefficient (Wildman–Crippen LogP) is 13.2. The third-order valence-electron chi connectivity index (χ3n) is 14.4. The molecule has 3 aliphatic carbocycles. The first-order valence-corrected chi connectivity index (χ1v) is 22.6. The van der Waals surface area contributed by atoms with Gasteiger partial charge in [-0.1, -0.05) is 133 Å². The summed E-state index contributed by atoms with van der Waals surface area (Å²) in [6.07, 6.45) is 15.8. The normalized spacial score (nSPS) is 31.1. The maximum atomic E-state index is 6.33. The average Bonchev–Trinajstić information content (AvgIpc) is 3.67. The van der Waals surface area contributed by atoms with Crippen LogP contribution in [-0.2, 0) is 0 Å². The number of thioether (sulfide) groups is 1. The maximum absolute atomic E-state index is 6.33. The van der Waals surface area contributed by atoms with Gasteiger partial charge < -0.3 is 10.6 Å².